The molecule has 1 saturated heterocycles. The average molecular weight is 275 g/mol. The largest absolute Gasteiger partial charge is 0.308 e. The summed E-state index contributed by atoms with van der Waals surface area (Å²) in [6.07, 6.45) is 4.25. The second-order valence-electron chi connectivity index (χ2n) is 4.81. The minimum Gasteiger partial charge on any atom is -0.308 e. The van der Waals surface area contributed by atoms with Crippen molar-refractivity contribution >= 4 is 17.4 Å². The number of hydrogen-bond acceptors (Lipinski definition) is 4. The molecule has 0 aliphatic carbocycles. The van der Waals surface area contributed by atoms with Crippen molar-refractivity contribution in [3.63, 3.8) is 0 Å². The van der Waals surface area contributed by atoms with Crippen molar-refractivity contribution in [1.29, 1.82) is 0 Å². The number of rotatable bonds is 3. The fraction of sp³-hybridized carbons (Fsp3) is 0.429. The first-order valence-electron chi connectivity index (χ1n) is 6.61. The fourth-order valence-electron chi connectivity index (χ4n) is 2.34. The minimum atomic E-state index is -0.0135. The van der Waals surface area contributed by atoms with Crippen LogP contribution in [0.5, 0.6) is 0 Å². The average Bonchev–Trinajstić information content (AvgIpc) is 2.46. The van der Waals surface area contributed by atoms with Crippen molar-refractivity contribution in [2.24, 2.45) is 0 Å². The molecule has 0 aromatic carbocycles. The summed E-state index contributed by atoms with van der Waals surface area (Å²) in [6.45, 7) is 0.672. The van der Waals surface area contributed by atoms with E-state index in [4.69, 9.17) is 0 Å². The monoisotopic (exact) mass is 275 g/mol. The SMILES string of the molecule is O=c1cc(CNC2CCCSC2)nc2ccccn12. The van der Waals surface area contributed by atoms with Crippen molar-refractivity contribution in [2.75, 3.05) is 11.5 Å². The molecule has 1 aliphatic rings. The maximum absolute atomic E-state index is 11.9. The first kappa shape index (κ1) is 12.7. The molecule has 100 valence electrons. The number of hydrogen-bond donors (Lipinski definition) is 1. The summed E-state index contributed by atoms with van der Waals surface area (Å²) in [5.74, 6) is 2.43. The highest BCUT2D eigenvalue weighted by Crippen LogP contribution is 2.17. The molecule has 4 nitrogen and oxygen atoms in total. The quantitative estimate of drug-likeness (QED) is 0.926. The van der Waals surface area contributed by atoms with Gasteiger partial charge in [0.05, 0.1) is 5.69 Å². The summed E-state index contributed by atoms with van der Waals surface area (Å²) in [6, 6.07) is 7.77. The van der Waals surface area contributed by atoms with Crippen LogP contribution in [0.25, 0.3) is 5.65 Å². The smallest absolute Gasteiger partial charge is 0.258 e. The van der Waals surface area contributed by atoms with Crippen LogP contribution >= 0.6 is 11.8 Å². The zero-order chi connectivity index (χ0) is 13.1. The van der Waals surface area contributed by atoms with Gasteiger partial charge in [-0.3, -0.25) is 9.20 Å². The summed E-state index contributed by atoms with van der Waals surface area (Å²) in [5.41, 5.74) is 1.53. The van der Waals surface area contributed by atoms with Gasteiger partial charge in [0.15, 0.2) is 0 Å². The van der Waals surface area contributed by atoms with Gasteiger partial charge < -0.3 is 5.32 Å². The summed E-state index contributed by atoms with van der Waals surface area (Å²) < 4.78 is 1.57. The van der Waals surface area contributed by atoms with Crippen LogP contribution in [0.1, 0.15) is 18.5 Å². The second kappa shape index (κ2) is 5.75. The lowest BCUT2D eigenvalue weighted by molar-refractivity contribution is 0.503. The molecule has 0 spiro atoms. The molecule has 0 amide bonds. The Kier molecular flexibility index (Phi) is 3.84. The second-order valence-corrected chi connectivity index (χ2v) is 5.96. The topological polar surface area (TPSA) is 46.4 Å². The van der Waals surface area contributed by atoms with Crippen LogP contribution in [0, 0.1) is 0 Å². The molecule has 3 heterocycles. The summed E-state index contributed by atoms with van der Waals surface area (Å²) >= 11 is 2.00. The van der Waals surface area contributed by atoms with E-state index in [1.807, 2.05) is 30.0 Å². The normalized spacial score (nSPS) is 19.7. The molecule has 0 bridgehead atoms. The number of nitrogens with one attached hydrogen (secondary N) is 1. The number of pyridine rings is 1. The van der Waals surface area contributed by atoms with E-state index in [2.05, 4.69) is 10.3 Å². The molecule has 1 N–H and O–H groups in total. The molecule has 1 unspecified atom stereocenters. The minimum absolute atomic E-state index is 0.0135. The van der Waals surface area contributed by atoms with Gasteiger partial charge in [0.25, 0.3) is 5.56 Å². The molecule has 19 heavy (non-hydrogen) atoms. The highest BCUT2D eigenvalue weighted by molar-refractivity contribution is 7.99. The van der Waals surface area contributed by atoms with E-state index in [0.29, 0.717) is 18.2 Å². The van der Waals surface area contributed by atoms with Crippen LogP contribution in [0.4, 0.5) is 0 Å². The molecular formula is C14H17N3OS. The fourth-order valence-corrected chi connectivity index (χ4v) is 3.45. The molecule has 2 aromatic heterocycles. The van der Waals surface area contributed by atoms with Crippen molar-refractivity contribution in [1.82, 2.24) is 14.7 Å². The van der Waals surface area contributed by atoms with E-state index in [1.54, 1.807) is 16.7 Å². The van der Waals surface area contributed by atoms with E-state index in [0.717, 1.165) is 11.4 Å². The Hall–Kier alpha value is -1.33. The molecule has 3 rings (SSSR count). The Morgan fingerprint density at radius 3 is 3.26 bits per heavy atom. The third-order valence-corrected chi connectivity index (χ3v) is 4.57. The molecule has 1 fully saturated rings. The zero-order valence-corrected chi connectivity index (χ0v) is 11.5. The highest BCUT2D eigenvalue weighted by Gasteiger charge is 2.13. The molecule has 2 aromatic rings. The number of aromatic nitrogens is 2. The van der Waals surface area contributed by atoms with Gasteiger partial charge in [-0.25, -0.2) is 4.98 Å². The van der Waals surface area contributed by atoms with E-state index >= 15 is 0 Å². The van der Waals surface area contributed by atoms with Crippen LogP contribution < -0.4 is 10.9 Å². The Morgan fingerprint density at radius 1 is 1.47 bits per heavy atom. The van der Waals surface area contributed by atoms with Gasteiger partial charge in [0.1, 0.15) is 5.65 Å². The Bertz CT molecular complexity index is 619. The maximum atomic E-state index is 11.9. The molecule has 0 radical (unpaired) electrons. The lowest BCUT2D eigenvalue weighted by Gasteiger charge is -2.22. The van der Waals surface area contributed by atoms with Crippen LogP contribution in [-0.2, 0) is 6.54 Å². The summed E-state index contributed by atoms with van der Waals surface area (Å²) in [5, 5.41) is 3.50. The van der Waals surface area contributed by atoms with Gasteiger partial charge in [-0.1, -0.05) is 6.07 Å². The molecule has 1 aliphatic heterocycles. The lowest BCUT2D eigenvalue weighted by atomic mass is 10.2. The van der Waals surface area contributed by atoms with Crippen molar-refractivity contribution in [3.05, 3.63) is 46.5 Å². The predicted octanol–water partition coefficient (Wildman–Crippen LogP) is 1.68. The third kappa shape index (κ3) is 2.98. The van der Waals surface area contributed by atoms with E-state index in [9.17, 15) is 4.79 Å². The standard InChI is InChI=1S/C14H17N3OS/c18-14-8-12(9-15-11-4-3-7-19-10-11)16-13-5-1-2-6-17(13)14/h1-2,5-6,8,11,15H,3-4,7,9-10H2. The number of thioether (sulfide) groups is 1. The van der Waals surface area contributed by atoms with E-state index in [-0.39, 0.29) is 5.56 Å². The van der Waals surface area contributed by atoms with Gasteiger partial charge in [-0.05, 0) is 30.7 Å². The Balaban J connectivity index is 1.75. The van der Waals surface area contributed by atoms with Gasteiger partial charge in [0, 0.05) is 30.6 Å². The van der Waals surface area contributed by atoms with Crippen LogP contribution in [0.3, 0.4) is 0 Å². The van der Waals surface area contributed by atoms with Gasteiger partial charge >= 0.3 is 0 Å². The molecule has 0 saturated carbocycles. The van der Waals surface area contributed by atoms with Gasteiger partial charge in [-0.2, -0.15) is 11.8 Å². The van der Waals surface area contributed by atoms with Crippen molar-refractivity contribution in [2.45, 2.75) is 25.4 Å². The molecular weight excluding hydrogens is 258 g/mol. The lowest BCUT2D eigenvalue weighted by Crippen LogP contribution is -2.34. The van der Waals surface area contributed by atoms with Crippen molar-refractivity contribution in [3.8, 4) is 0 Å². The number of fused-ring (bicyclic) bond motifs is 1. The van der Waals surface area contributed by atoms with Crippen molar-refractivity contribution < 1.29 is 0 Å². The zero-order valence-electron chi connectivity index (χ0n) is 10.7. The van der Waals surface area contributed by atoms with E-state index < -0.39 is 0 Å². The van der Waals surface area contributed by atoms with E-state index in [1.165, 1.54) is 18.6 Å². The third-order valence-electron chi connectivity index (χ3n) is 3.36. The Morgan fingerprint density at radius 2 is 2.42 bits per heavy atom. The van der Waals surface area contributed by atoms with Gasteiger partial charge in [-0.15, -0.1) is 0 Å². The summed E-state index contributed by atoms with van der Waals surface area (Å²) in [7, 11) is 0. The number of nitrogens with zero attached hydrogens (tertiary/aromatic N) is 2. The molecule has 1 atom stereocenters. The van der Waals surface area contributed by atoms with Gasteiger partial charge in [0.2, 0.25) is 0 Å². The van der Waals surface area contributed by atoms with Crippen LogP contribution in [0.15, 0.2) is 35.3 Å². The molecule has 5 heteroatoms. The highest BCUT2D eigenvalue weighted by atomic mass is 32.2. The summed E-state index contributed by atoms with van der Waals surface area (Å²) in [4.78, 5) is 16.5. The Labute approximate surface area is 116 Å². The van der Waals surface area contributed by atoms with Crippen LogP contribution in [0.2, 0.25) is 0 Å². The first-order valence-corrected chi connectivity index (χ1v) is 7.77. The van der Waals surface area contributed by atoms with Crippen LogP contribution in [-0.4, -0.2) is 26.9 Å². The predicted molar refractivity (Wildman–Crippen MR) is 78.6 cm³/mol. The maximum Gasteiger partial charge on any atom is 0.258 e. The first-order chi connectivity index (χ1) is 9.33.